The quantitative estimate of drug-likeness (QED) is 0.691. The molecule has 0 unspecified atom stereocenters. The average molecular weight is 377 g/mol. The largest absolute Gasteiger partial charge is 0.497 e. The summed E-state index contributed by atoms with van der Waals surface area (Å²) in [6.07, 6.45) is 0. The van der Waals surface area contributed by atoms with E-state index in [1.165, 1.54) is 0 Å². The van der Waals surface area contributed by atoms with E-state index in [9.17, 15) is 4.79 Å². The number of ether oxygens (including phenoxy) is 1. The maximum absolute atomic E-state index is 12.4. The summed E-state index contributed by atoms with van der Waals surface area (Å²) >= 11 is 2.10. The number of para-hydroxylation sites is 1. The van der Waals surface area contributed by atoms with Gasteiger partial charge in [-0.1, -0.05) is 12.1 Å². The number of H-pyrrole nitrogens is 1. The van der Waals surface area contributed by atoms with Crippen molar-refractivity contribution in [2.75, 3.05) is 7.11 Å². The molecule has 100 valence electrons. The van der Waals surface area contributed by atoms with Gasteiger partial charge in [0.1, 0.15) is 5.75 Å². The monoisotopic (exact) mass is 377 g/mol. The molecule has 0 atom stereocenters. The van der Waals surface area contributed by atoms with E-state index in [0.29, 0.717) is 8.96 Å². The van der Waals surface area contributed by atoms with Crippen LogP contribution in [0.3, 0.4) is 0 Å². The molecule has 1 heterocycles. The van der Waals surface area contributed by atoms with Crippen molar-refractivity contribution in [3.63, 3.8) is 0 Å². The van der Waals surface area contributed by atoms with E-state index in [4.69, 9.17) is 4.74 Å². The first-order valence-corrected chi connectivity index (χ1v) is 7.23. The average Bonchev–Trinajstić information content (AvgIpc) is 2.51. The summed E-state index contributed by atoms with van der Waals surface area (Å²) in [5.74, 6) is 0.798. The van der Waals surface area contributed by atoms with Crippen LogP contribution in [0.4, 0.5) is 0 Å². The highest BCUT2D eigenvalue weighted by atomic mass is 127. The molecule has 0 saturated heterocycles. The number of rotatable bonds is 2. The number of fused-ring (bicyclic) bond motifs is 1. The Morgan fingerprint density at radius 3 is 2.45 bits per heavy atom. The van der Waals surface area contributed by atoms with Crippen LogP contribution in [-0.2, 0) is 0 Å². The Balaban J connectivity index is 2.25. The molecule has 4 heteroatoms. The van der Waals surface area contributed by atoms with Crippen LogP contribution < -0.4 is 10.2 Å². The van der Waals surface area contributed by atoms with Crippen molar-refractivity contribution in [1.29, 1.82) is 0 Å². The Labute approximate surface area is 129 Å². The summed E-state index contributed by atoms with van der Waals surface area (Å²) in [5, 5.41) is 0.717. The minimum absolute atomic E-state index is 0.0609. The number of aromatic amines is 1. The zero-order valence-corrected chi connectivity index (χ0v) is 13.0. The lowest BCUT2D eigenvalue weighted by atomic mass is 10.1. The van der Waals surface area contributed by atoms with Crippen LogP contribution in [-0.4, -0.2) is 12.1 Å². The van der Waals surface area contributed by atoms with Crippen LogP contribution in [0.15, 0.2) is 53.3 Å². The summed E-state index contributed by atoms with van der Waals surface area (Å²) in [4.78, 5) is 15.7. The van der Waals surface area contributed by atoms with Gasteiger partial charge in [-0.15, -0.1) is 0 Å². The SMILES string of the molecule is COc1ccc(-c2[nH]c3ccccc3c(=O)c2I)cc1. The van der Waals surface area contributed by atoms with E-state index < -0.39 is 0 Å². The molecule has 1 aromatic heterocycles. The summed E-state index contributed by atoms with van der Waals surface area (Å²) < 4.78 is 5.86. The summed E-state index contributed by atoms with van der Waals surface area (Å²) in [6.45, 7) is 0. The van der Waals surface area contributed by atoms with Gasteiger partial charge in [0.25, 0.3) is 0 Å². The standard InChI is InChI=1S/C16H12INO2/c1-20-11-8-6-10(7-9-11)15-14(17)16(19)12-4-2-3-5-13(12)18-15/h2-9H,1H3,(H,18,19). The van der Waals surface area contributed by atoms with E-state index >= 15 is 0 Å². The Morgan fingerprint density at radius 2 is 1.75 bits per heavy atom. The molecule has 0 aliphatic heterocycles. The molecule has 0 aliphatic carbocycles. The predicted molar refractivity (Wildman–Crippen MR) is 89.3 cm³/mol. The molecule has 0 aliphatic rings. The molecule has 3 rings (SSSR count). The predicted octanol–water partition coefficient (Wildman–Crippen LogP) is 3.81. The van der Waals surface area contributed by atoms with Crippen molar-refractivity contribution in [3.05, 3.63) is 62.3 Å². The fraction of sp³-hybridized carbons (Fsp3) is 0.0625. The van der Waals surface area contributed by atoms with E-state index in [-0.39, 0.29) is 5.43 Å². The highest BCUT2D eigenvalue weighted by Gasteiger charge is 2.10. The Hall–Kier alpha value is -1.82. The van der Waals surface area contributed by atoms with Gasteiger partial charge in [0.05, 0.1) is 16.4 Å². The minimum atomic E-state index is 0.0609. The van der Waals surface area contributed by atoms with Gasteiger partial charge in [0.2, 0.25) is 5.43 Å². The van der Waals surface area contributed by atoms with Gasteiger partial charge in [0.15, 0.2) is 0 Å². The highest BCUT2D eigenvalue weighted by molar-refractivity contribution is 14.1. The van der Waals surface area contributed by atoms with E-state index in [1.807, 2.05) is 48.5 Å². The first-order valence-electron chi connectivity index (χ1n) is 6.15. The number of methoxy groups -OCH3 is 1. The topological polar surface area (TPSA) is 42.1 Å². The Kier molecular flexibility index (Phi) is 3.48. The van der Waals surface area contributed by atoms with Crippen molar-refractivity contribution in [2.24, 2.45) is 0 Å². The molecular weight excluding hydrogens is 365 g/mol. The molecule has 3 aromatic rings. The molecule has 20 heavy (non-hydrogen) atoms. The van der Waals surface area contributed by atoms with Gasteiger partial charge in [0, 0.05) is 10.9 Å². The summed E-state index contributed by atoms with van der Waals surface area (Å²) in [5.41, 5.74) is 2.73. The molecule has 0 spiro atoms. The Bertz CT molecular complexity index is 822. The third kappa shape index (κ3) is 2.20. The van der Waals surface area contributed by atoms with Gasteiger partial charge in [-0.05, 0) is 64.6 Å². The van der Waals surface area contributed by atoms with Crippen LogP contribution in [0.5, 0.6) is 5.75 Å². The smallest absolute Gasteiger partial charge is 0.203 e. The van der Waals surface area contributed by atoms with Gasteiger partial charge in [-0.25, -0.2) is 0 Å². The third-order valence-corrected chi connectivity index (χ3v) is 4.26. The van der Waals surface area contributed by atoms with Crippen LogP contribution in [0, 0.1) is 3.57 Å². The molecule has 0 saturated carbocycles. The zero-order valence-electron chi connectivity index (χ0n) is 10.8. The second-order valence-corrected chi connectivity index (χ2v) is 5.50. The lowest BCUT2D eigenvalue weighted by Gasteiger charge is -2.08. The van der Waals surface area contributed by atoms with Crippen molar-refractivity contribution < 1.29 is 4.74 Å². The number of aromatic nitrogens is 1. The Morgan fingerprint density at radius 1 is 1.05 bits per heavy atom. The van der Waals surface area contributed by atoms with Crippen molar-refractivity contribution >= 4 is 33.5 Å². The highest BCUT2D eigenvalue weighted by Crippen LogP contribution is 2.25. The van der Waals surface area contributed by atoms with Crippen LogP contribution in [0.1, 0.15) is 0 Å². The van der Waals surface area contributed by atoms with E-state index in [1.54, 1.807) is 7.11 Å². The first kappa shape index (κ1) is 13.2. The van der Waals surface area contributed by atoms with Crippen LogP contribution in [0.25, 0.3) is 22.2 Å². The first-order chi connectivity index (χ1) is 9.70. The van der Waals surface area contributed by atoms with Crippen LogP contribution >= 0.6 is 22.6 Å². The molecule has 0 amide bonds. The molecule has 0 radical (unpaired) electrons. The van der Waals surface area contributed by atoms with E-state index in [0.717, 1.165) is 22.5 Å². The maximum atomic E-state index is 12.4. The molecule has 0 fully saturated rings. The number of pyridine rings is 1. The molecule has 3 nitrogen and oxygen atoms in total. The number of nitrogens with one attached hydrogen (secondary N) is 1. The zero-order chi connectivity index (χ0) is 14.1. The number of benzene rings is 2. The van der Waals surface area contributed by atoms with Gasteiger partial charge in [-0.3, -0.25) is 4.79 Å². The second-order valence-electron chi connectivity index (χ2n) is 4.42. The maximum Gasteiger partial charge on any atom is 0.203 e. The van der Waals surface area contributed by atoms with Crippen molar-refractivity contribution in [3.8, 4) is 17.0 Å². The number of halogens is 1. The normalized spacial score (nSPS) is 10.7. The summed E-state index contributed by atoms with van der Waals surface area (Å²) in [6, 6.07) is 15.2. The molecular formula is C16H12INO2. The lowest BCUT2D eigenvalue weighted by Crippen LogP contribution is -2.09. The van der Waals surface area contributed by atoms with Gasteiger partial charge in [-0.2, -0.15) is 0 Å². The van der Waals surface area contributed by atoms with Crippen molar-refractivity contribution in [2.45, 2.75) is 0 Å². The minimum Gasteiger partial charge on any atom is -0.497 e. The number of hydrogen-bond acceptors (Lipinski definition) is 2. The lowest BCUT2D eigenvalue weighted by molar-refractivity contribution is 0.415. The van der Waals surface area contributed by atoms with E-state index in [2.05, 4.69) is 27.6 Å². The number of hydrogen-bond donors (Lipinski definition) is 1. The third-order valence-electron chi connectivity index (χ3n) is 3.23. The fourth-order valence-corrected chi connectivity index (χ4v) is 2.90. The van der Waals surface area contributed by atoms with Crippen molar-refractivity contribution in [1.82, 2.24) is 4.98 Å². The fourth-order valence-electron chi connectivity index (χ4n) is 2.17. The van der Waals surface area contributed by atoms with Gasteiger partial charge >= 0.3 is 0 Å². The summed E-state index contributed by atoms with van der Waals surface area (Å²) in [7, 11) is 1.64. The molecule has 0 bridgehead atoms. The van der Waals surface area contributed by atoms with Gasteiger partial charge < -0.3 is 9.72 Å². The van der Waals surface area contributed by atoms with Crippen LogP contribution in [0.2, 0.25) is 0 Å². The molecule has 1 N–H and O–H groups in total. The second kappa shape index (κ2) is 5.28. The molecule has 2 aromatic carbocycles.